The van der Waals surface area contributed by atoms with Crippen molar-refractivity contribution < 1.29 is 9.15 Å². The predicted octanol–water partition coefficient (Wildman–Crippen LogP) is 3.02. The van der Waals surface area contributed by atoms with Crippen molar-refractivity contribution >= 4 is 11.0 Å². The first kappa shape index (κ1) is 15.3. The van der Waals surface area contributed by atoms with Crippen LogP contribution < -0.4 is 5.63 Å². The molecular formula is C18H23NO3. The molecule has 22 heavy (non-hydrogen) atoms. The molecule has 0 aliphatic carbocycles. The van der Waals surface area contributed by atoms with Crippen LogP contribution in [0.1, 0.15) is 30.5 Å². The van der Waals surface area contributed by atoms with E-state index in [1.54, 1.807) is 6.07 Å². The Morgan fingerprint density at radius 3 is 2.50 bits per heavy atom. The molecule has 2 atom stereocenters. The molecule has 0 radical (unpaired) electrons. The average molecular weight is 301 g/mol. The summed E-state index contributed by atoms with van der Waals surface area (Å²) in [4.78, 5) is 14.2. The Balaban J connectivity index is 2.01. The quantitative estimate of drug-likeness (QED) is 0.800. The highest BCUT2D eigenvalue weighted by atomic mass is 16.5. The lowest BCUT2D eigenvalue weighted by molar-refractivity contribution is -0.0704. The standard InChI is InChI=1S/C18H23NO3/c1-11-5-12(2)18-15(7-17(20)22-16(18)6-11)10-19-8-13(3)21-14(4)9-19/h5-7,13-14H,8-10H2,1-4H3/t13-,14-/m0/s1. The second-order valence-electron chi connectivity index (χ2n) is 6.50. The first-order valence-electron chi connectivity index (χ1n) is 7.84. The smallest absolute Gasteiger partial charge is 0.336 e. The number of hydrogen-bond acceptors (Lipinski definition) is 4. The van der Waals surface area contributed by atoms with E-state index in [0.29, 0.717) is 5.58 Å². The van der Waals surface area contributed by atoms with Crippen LogP contribution in [0.25, 0.3) is 11.0 Å². The summed E-state index contributed by atoms with van der Waals surface area (Å²) in [5.74, 6) is 0. The van der Waals surface area contributed by atoms with E-state index in [4.69, 9.17) is 9.15 Å². The molecular weight excluding hydrogens is 278 g/mol. The Kier molecular flexibility index (Phi) is 4.06. The molecule has 1 aromatic carbocycles. The van der Waals surface area contributed by atoms with Gasteiger partial charge < -0.3 is 9.15 Å². The van der Waals surface area contributed by atoms with Crippen molar-refractivity contribution in [3.8, 4) is 0 Å². The zero-order valence-corrected chi connectivity index (χ0v) is 13.7. The van der Waals surface area contributed by atoms with Gasteiger partial charge in [-0.3, -0.25) is 4.90 Å². The van der Waals surface area contributed by atoms with Gasteiger partial charge in [0.05, 0.1) is 12.2 Å². The van der Waals surface area contributed by atoms with Crippen LogP contribution in [-0.2, 0) is 11.3 Å². The van der Waals surface area contributed by atoms with E-state index in [2.05, 4.69) is 31.7 Å². The van der Waals surface area contributed by atoms with E-state index in [9.17, 15) is 4.79 Å². The van der Waals surface area contributed by atoms with Crippen LogP contribution in [0, 0.1) is 13.8 Å². The molecule has 0 amide bonds. The molecule has 0 saturated carbocycles. The van der Waals surface area contributed by atoms with Gasteiger partial charge in [-0.2, -0.15) is 0 Å². The van der Waals surface area contributed by atoms with E-state index < -0.39 is 0 Å². The molecule has 0 unspecified atom stereocenters. The summed E-state index contributed by atoms with van der Waals surface area (Å²) >= 11 is 0. The maximum atomic E-state index is 11.9. The summed E-state index contributed by atoms with van der Waals surface area (Å²) in [5, 5.41) is 1.07. The third kappa shape index (κ3) is 3.08. The minimum absolute atomic E-state index is 0.221. The predicted molar refractivity (Wildman–Crippen MR) is 87.2 cm³/mol. The molecule has 1 saturated heterocycles. The Bertz CT molecular complexity index is 740. The molecule has 4 nitrogen and oxygen atoms in total. The molecule has 1 aromatic heterocycles. The molecule has 1 fully saturated rings. The van der Waals surface area contributed by atoms with Gasteiger partial charge >= 0.3 is 5.63 Å². The van der Waals surface area contributed by atoms with Crippen molar-refractivity contribution in [3.63, 3.8) is 0 Å². The molecule has 0 spiro atoms. The maximum absolute atomic E-state index is 11.9. The SMILES string of the molecule is Cc1cc(C)c2c(CN3C[C@H](C)O[C@@H](C)C3)cc(=O)oc2c1. The minimum Gasteiger partial charge on any atom is -0.423 e. The van der Waals surface area contributed by atoms with Crippen LogP contribution in [0.15, 0.2) is 27.4 Å². The number of ether oxygens (including phenoxy) is 1. The van der Waals surface area contributed by atoms with Gasteiger partial charge in [-0.1, -0.05) is 6.07 Å². The molecule has 4 heteroatoms. The van der Waals surface area contributed by atoms with Gasteiger partial charge in [-0.05, 0) is 50.5 Å². The summed E-state index contributed by atoms with van der Waals surface area (Å²) < 4.78 is 11.2. The van der Waals surface area contributed by atoms with Gasteiger partial charge in [0.15, 0.2) is 0 Å². The van der Waals surface area contributed by atoms with E-state index in [0.717, 1.165) is 41.7 Å². The number of hydrogen-bond donors (Lipinski definition) is 0. The first-order chi connectivity index (χ1) is 10.4. The van der Waals surface area contributed by atoms with Crippen LogP contribution >= 0.6 is 0 Å². The van der Waals surface area contributed by atoms with Crippen molar-refractivity contribution in [2.24, 2.45) is 0 Å². The normalized spacial score (nSPS) is 23.1. The average Bonchev–Trinajstić information content (AvgIpc) is 2.35. The van der Waals surface area contributed by atoms with Gasteiger partial charge in [-0.15, -0.1) is 0 Å². The number of morpholine rings is 1. The Morgan fingerprint density at radius 1 is 1.14 bits per heavy atom. The van der Waals surface area contributed by atoms with E-state index in [1.165, 1.54) is 0 Å². The van der Waals surface area contributed by atoms with E-state index >= 15 is 0 Å². The summed E-state index contributed by atoms with van der Waals surface area (Å²) in [6.07, 6.45) is 0.442. The summed E-state index contributed by atoms with van der Waals surface area (Å²) in [5.41, 5.74) is 3.73. The molecule has 2 heterocycles. The Labute approximate surface area is 130 Å². The van der Waals surface area contributed by atoms with Gasteiger partial charge in [0.25, 0.3) is 0 Å². The van der Waals surface area contributed by atoms with Gasteiger partial charge in [-0.25, -0.2) is 4.79 Å². The van der Waals surface area contributed by atoms with Crippen molar-refractivity contribution in [2.45, 2.75) is 46.4 Å². The zero-order valence-electron chi connectivity index (χ0n) is 13.7. The van der Waals surface area contributed by atoms with Crippen LogP contribution in [0.4, 0.5) is 0 Å². The third-order valence-corrected chi connectivity index (χ3v) is 4.16. The molecule has 118 valence electrons. The highest BCUT2D eigenvalue weighted by molar-refractivity contribution is 5.84. The summed E-state index contributed by atoms with van der Waals surface area (Å²) in [6, 6.07) is 5.71. The zero-order chi connectivity index (χ0) is 15.9. The summed E-state index contributed by atoms with van der Waals surface area (Å²) in [6.45, 7) is 10.8. The van der Waals surface area contributed by atoms with E-state index in [-0.39, 0.29) is 17.8 Å². The maximum Gasteiger partial charge on any atom is 0.336 e. The minimum atomic E-state index is -0.276. The van der Waals surface area contributed by atoms with Gasteiger partial charge in [0.1, 0.15) is 5.58 Å². The molecule has 0 N–H and O–H groups in total. The second kappa shape index (κ2) is 5.86. The fourth-order valence-corrected chi connectivity index (χ4v) is 3.55. The number of benzene rings is 1. The molecule has 1 aliphatic heterocycles. The molecule has 1 aliphatic rings. The lowest BCUT2D eigenvalue weighted by Gasteiger charge is -2.35. The first-order valence-corrected chi connectivity index (χ1v) is 7.84. The van der Waals surface area contributed by atoms with Crippen LogP contribution in [0.5, 0.6) is 0 Å². The molecule has 2 aromatic rings. The topological polar surface area (TPSA) is 42.7 Å². The monoisotopic (exact) mass is 301 g/mol. The third-order valence-electron chi connectivity index (χ3n) is 4.16. The lowest BCUT2D eigenvalue weighted by atomic mass is 10.0. The lowest BCUT2D eigenvalue weighted by Crippen LogP contribution is -2.44. The fraction of sp³-hybridized carbons (Fsp3) is 0.500. The van der Waals surface area contributed by atoms with Crippen molar-refractivity contribution in [3.05, 3.63) is 45.3 Å². The van der Waals surface area contributed by atoms with Crippen LogP contribution in [0.2, 0.25) is 0 Å². The highest BCUT2D eigenvalue weighted by Gasteiger charge is 2.23. The Morgan fingerprint density at radius 2 is 1.82 bits per heavy atom. The van der Waals surface area contributed by atoms with Crippen LogP contribution in [0.3, 0.4) is 0 Å². The molecule has 3 rings (SSSR count). The fourth-order valence-electron chi connectivity index (χ4n) is 3.55. The van der Waals surface area contributed by atoms with Gasteiger partial charge in [0, 0.05) is 31.1 Å². The number of rotatable bonds is 2. The van der Waals surface area contributed by atoms with Crippen molar-refractivity contribution in [1.29, 1.82) is 0 Å². The Hall–Kier alpha value is -1.65. The van der Waals surface area contributed by atoms with Crippen molar-refractivity contribution in [1.82, 2.24) is 4.90 Å². The van der Waals surface area contributed by atoms with E-state index in [1.807, 2.05) is 13.0 Å². The van der Waals surface area contributed by atoms with Crippen LogP contribution in [-0.4, -0.2) is 30.2 Å². The van der Waals surface area contributed by atoms with Gasteiger partial charge in [0.2, 0.25) is 0 Å². The second-order valence-corrected chi connectivity index (χ2v) is 6.50. The largest absolute Gasteiger partial charge is 0.423 e. The highest BCUT2D eigenvalue weighted by Crippen LogP contribution is 2.25. The number of nitrogens with zero attached hydrogens (tertiary/aromatic N) is 1. The summed E-state index contributed by atoms with van der Waals surface area (Å²) in [7, 11) is 0. The number of aryl methyl sites for hydroxylation is 2. The molecule has 0 bridgehead atoms. The van der Waals surface area contributed by atoms with Crippen molar-refractivity contribution in [2.75, 3.05) is 13.1 Å². The number of fused-ring (bicyclic) bond motifs is 1.